The van der Waals surface area contributed by atoms with Gasteiger partial charge < -0.3 is 10.1 Å². The van der Waals surface area contributed by atoms with Gasteiger partial charge in [-0.2, -0.15) is 0 Å². The van der Waals surface area contributed by atoms with Crippen LogP contribution in [0.4, 0.5) is 4.39 Å². The highest BCUT2D eigenvalue weighted by Crippen LogP contribution is 2.26. The van der Waals surface area contributed by atoms with Crippen LogP contribution in [0.2, 0.25) is 0 Å². The van der Waals surface area contributed by atoms with Crippen LogP contribution in [0.25, 0.3) is 0 Å². The van der Waals surface area contributed by atoms with Gasteiger partial charge in [-0.05, 0) is 58.9 Å². The fraction of sp³-hybridized carbons (Fsp3) is 0.143. The molecule has 0 amide bonds. The predicted molar refractivity (Wildman–Crippen MR) is 73.4 cm³/mol. The summed E-state index contributed by atoms with van der Waals surface area (Å²) in [5.74, 6) is 1.03. The molecule has 0 aliphatic heterocycles. The first-order chi connectivity index (χ1) is 8.69. The molecule has 0 bridgehead atoms. The standard InChI is InChI=1S/C14H13BrFNO/c1-17-9-10-2-4-11(5-3-10)18-12-6-7-14(16)13(15)8-12/h2-8,17H,9H2,1H3. The van der Waals surface area contributed by atoms with Crippen molar-refractivity contribution in [3.05, 3.63) is 58.3 Å². The molecule has 0 spiro atoms. The van der Waals surface area contributed by atoms with E-state index in [-0.39, 0.29) is 5.82 Å². The van der Waals surface area contributed by atoms with Crippen molar-refractivity contribution >= 4 is 15.9 Å². The Morgan fingerprint density at radius 1 is 1.11 bits per heavy atom. The minimum atomic E-state index is -0.299. The second-order valence-electron chi connectivity index (χ2n) is 3.85. The Labute approximate surface area is 114 Å². The van der Waals surface area contributed by atoms with Crippen LogP contribution in [0.3, 0.4) is 0 Å². The van der Waals surface area contributed by atoms with E-state index in [0.29, 0.717) is 10.2 Å². The number of nitrogens with one attached hydrogen (secondary N) is 1. The summed E-state index contributed by atoms with van der Waals surface area (Å²) in [6.07, 6.45) is 0. The zero-order chi connectivity index (χ0) is 13.0. The molecule has 18 heavy (non-hydrogen) atoms. The highest BCUT2D eigenvalue weighted by Gasteiger charge is 2.02. The quantitative estimate of drug-likeness (QED) is 0.918. The predicted octanol–water partition coefficient (Wildman–Crippen LogP) is 4.10. The SMILES string of the molecule is CNCc1ccc(Oc2ccc(F)c(Br)c2)cc1. The van der Waals surface area contributed by atoms with E-state index in [1.54, 1.807) is 12.1 Å². The zero-order valence-corrected chi connectivity index (χ0v) is 11.5. The van der Waals surface area contributed by atoms with E-state index in [4.69, 9.17) is 4.74 Å². The van der Waals surface area contributed by atoms with Crippen LogP contribution in [-0.2, 0) is 6.54 Å². The van der Waals surface area contributed by atoms with Gasteiger partial charge in [0.25, 0.3) is 0 Å². The number of halogens is 2. The Morgan fingerprint density at radius 3 is 2.39 bits per heavy atom. The largest absolute Gasteiger partial charge is 0.457 e. The fourth-order valence-electron chi connectivity index (χ4n) is 1.56. The molecule has 0 atom stereocenters. The number of hydrogen-bond donors (Lipinski definition) is 1. The molecule has 1 N–H and O–H groups in total. The van der Waals surface area contributed by atoms with Crippen molar-refractivity contribution in [1.82, 2.24) is 5.32 Å². The van der Waals surface area contributed by atoms with E-state index < -0.39 is 0 Å². The molecular weight excluding hydrogens is 297 g/mol. The Balaban J connectivity index is 2.10. The summed E-state index contributed by atoms with van der Waals surface area (Å²) in [5, 5.41) is 3.08. The van der Waals surface area contributed by atoms with Crippen molar-refractivity contribution in [2.24, 2.45) is 0 Å². The highest BCUT2D eigenvalue weighted by atomic mass is 79.9. The molecule has 0 aromatic heterocycles. The summed E-state index contributed by atoms with van der Waals surface area (Å²) in [7, 11) is 1.90. The van der Waals surface area contributed by atoms with Crippen LogP contribution in [0, 0.1) is 5.82 Å². The molecule has 0 aliphatic rings. The van der Waals surface area contributed by atoms with Gasteiger partial charge in [0.1, 0.15) is 17.3 Å². The average Bonchev–Trinajstić information content (AvgIpc) is 2.37. The maximum atomic E-state index is 13.1. The van der Waals surface area contributed by atoms with Gasteiger partial charge >= 0.3 is 0 Å². The molecule has 0 saturated heterocycles. The Kier molecular flexibility index (Phi) is 4.33. The van der Waals surface area contributed by atoms with Gasteiger partial charge in [0.15, 0.2) is 0 Å². The maximum absolute atomic E-state index is 13.1. The molecule has 0 aliphatic carbocycles. The minimum absolute atomic E-state index is 0.299. The lowest BCUT2D eigenvalue weighted by molar-refractivity contribution is 0.479. The monoisotopic (exact) mass is 309 g/mol. The third-order valence-corrected chi connectivity index (χ3v) is 3.04. The van der Waals surface area contributed by atoms with Crippen molar-refractivity contribution in [2.75, 3.05) is 7.05 Å². The first kappa shape index (κ1) is 13.1. The van der Waals surface area contributed by atoms with Crippen LogP contribution >= 0.6 is 15.9 Å². The molecular formula is C14H13BrFNO. The summed E-state index contributed by atoms with van der Waals surface area (Å²) < 4.78 is 19.1. The van der Waals surface area contributed by atoms with Crippen LogP contribution in [0.15, 0.2) is 46.9 Å². The van der Waals surface area contributed by atoms with Crippen molar-refractivity contribution in [3.8, 4) is 11.5 Å². The van der Waals surface area contributed by atoms with E-state index in [1.165, 1.54) is 11.6 Å². The lowest BCUT2D eigenvalue weighted by Crippen LogP contribution is -2.04. The third-order valence-electron chi connectivity index (χ3n) is 2.43. The molecule has 2 nitrogen and oxygen atoms in total. The second-order valence-corrected chi connectivity index (χ2v) is 4.71. The van der Waals surface area contributed by atoms with Gasteiger partial charge in [0.05, 0.1) is 4.47 Å². The first-order valence-corrected chi connectivity index (χ1v) is 6.35. The average molecular weight is 310 g/mol. The zero-order valence-electron chi connectivity index (χ0n) is 9.91. The van der Waals surface area contributed by atoms with E-state index in [2.05, 4.69) is 21.2 Å². The summed E-state index contributed by atoms with van der Waals surface area (Å²) in [5.41, 5.74) is 1.19. The third kappa shape index (κ3) is 3.31. The van der Waals surface area contributed by atoms with Gasteiger partial charge in [-0.15, -0.1) is 0 Å². The van der Waals surface area contributed by atoms with Crippen LogP contribution in [-0.4, -0.2) is 7.05 Å². The van der Waals surface area contributed by atoms with Gasteiger partial charge in [-0.3, -0.25) is 0 Å². The van der Waals surface area contributed by atoms with Gasteiger partial charge in [-0.1, -0.05) is 12.1 Å². The van der Waals surface area contributed by atoms with E-state index in [1.807, 2.05) is 31.3 Å². The lowest BCUT2D eigenvalue weighted by atomic mass is 10.2. The molecule has 2 aromatic carbocycles. The number of hydrogen-bond acceptors (Lipinski definition) is 2. The van der Waals surface area contributed by atoms with Crippen molar-refractivity contribution in [1.29, 1.82) is 0 Å². The van der Waals surface area contributed by atoms with Crippen molar-refractivity contribution < 1.29 is 9.13 Å². The topological polar surface area (TPSA) is 21.3 Å². The summed E-state index contributed by atoms with van der Waals surface area (Å²) >= 11 is 3.13. The van der Waals surface area contributed by atoms with E-state index in [9.17, 15) is 4.39 Å². The maximum Gasteiger partial charge on any atom is 0.137 e. The first-order valence-electron chi connectivity index (χ1n) is 5.55. The van der Waals surface area contributed by atoms with E-state index in [0.717, 1.165) is 12.3 Å². The summed E-state index contributed by atoms with van der Waals surface area (Å²) in [6, 6.07) is 12.3. The smallest absolute Gasteiger partial charge is 0.137 e. The molecule has 4 heteroatoms. The molecule has 2 aromatic rings. The van der Waals surface area contributed by atoms with E-state index >= 15 is 0 Å². The minimum Gasteiger partial charge on any atom is -0.457 e. The summed E-state index contributed by atoms with van der Waals surface area (Å²) in [4.78, 5) is 0. The van der Waals surface area contributed by atoms with Crippen LogP contribution in [0.5, 0.6) is 11.5 Å². The van der Waals surface area contributed by atoms with Crippen molar-refractivity contribution in [2.45, 2.75) is 6.54 Å². The second kappa shape index (κ2) is 5.98. The van der Waals surface area contributed by atoms with Gasteiger partial charge in [-0.25, -0.2) is 4.39 Å². The normalized spacial score (nSPS) is 10.4. The Hall–Kier alpha value is -1.39. The number of rotatable bonds is 4. The molecule has 0 heterocycles. The van der Waals surface area contributed by atoms with Gasteiger partial charge in [0, 0.05) is 6.54 Å². The number of benzene rings is 2. The Morgan fingerprint density at radius 2 is 1.78 bits per heavy atom. The van der Waals surface area contributed by atoms with Crippen LogP contribution in [0.1, 0.15) is 5.56 Å². The fourth-order valence-corrected chi connectivity index (χ4v) is 1.91. The molecule has 0 saturated carbocycles. The Bertz CT molecular complexity index is 528. The highest BCUT2D eigenvalue weighted by molar-refractivity contribution is 9.10. The number of ether oxygens (including phenoxy) is 1. The van der Waals surface area contributed by atoms with Crippen molar-refractivity contribution in [3.63, 3.8) is 0 Å². The molecule has 2 rings (SSSR count). The lowest BCUT2D eigenvalue weighted by Gasteiger charge is -2.07. The molecule has 0 radical (unpaired) electrons. The van der Waals surface area contributed by atoms with Crippen LogP contribution < -0.4 is 10.1 Å². The summed E-state index contributed by atoms with van der Waals surface area (Å²) in [6.45, 7) is 0.822. The molecule has 94 valence electrons. The molecule has 0 fully saturated rings. The van der Waals surface area contributed by atoms with Gasteiger partial charge in [0.2, 0.25) is 0 Å². The molecule has 0 unspecified atom stereocenters.